The molecule has 0 atom stereocenters. The summed E-state index contributed by atoms with van der Waals surface area (Å²) in [6, 6.07) is 15.2. The zero-order chi connectivity index (χ0) is 16.5. The van der Waals surface area contributed by atoms with E-state index < -0.39 is 5.97 Å². The molecule has 0 radical (unpaired) electrons. The maximum Gasteiger partial charge on any atom is 0.343 e. The second-order valence-electron chi connectivity index (χ2n) is 5.16. The molecule has 120 valence electrons. The fourth-order valence-corrected chi connectivity index (χ4v) is 2.02. The number of esters is 2. The molecule has 0 aliphatic rings. The molecule has 0 spiro atoms. The van der Waals surface area contributed by atoms with E-state index >= 15 is 0 Å². The summed E-state index contributed by atoms with van der Waals surface area (Å²) in [5.74, 6) is 0.224. The molecule has 23 heavy (non-hydrogen) atoms. The van der Waals surface area contributed by atoms with Crippen LogP contribution < -0.4 is 9.47 Å². The molecule has 4 heteroatoms. The van der Waals surface area contributed by atoms with E-state index in [1.807, 2.05) is 6.07 Å². The second-order valence-corrected chi connectivity index (χ2v) is 5.16. The van der Waals surface area contributed by atoms with Gasteiger partial charge in [-0.15, -0.1) is 0 Å². The number of para-hydroxylation sites is 1. The molecular weight excluding hydrogens is 292 g/mol. The third kappa shape index (κ3) is 5.58. The quantitative estimate of drug-likeness (QED) is 0.432. The summed E-state index contributed by atoms with van der Waals surface area (Å²) in [4.78, 5) is 23.6. The SMILES string of the molecule is CCCCCC(=O)Oc1ccc(C(=O)Oc2ccccc2)cc1. The van der Waals surface area contributed by atoms with E-state index in [-0.39, 0.29) is 5.97 Å². The molecule has 0 unspecified atom stereocenters. The maximum absolute atomic E-state index is 12.0. The molecule has 2 aromatic rings. The lowest BCUT2D eigenvalue weighted by Crippen LogP contribution is -2.09. The smallest absolute Gasteiger partial charge is 0.343 e. The predicted octanol–water partition coefficient (Wildman–Crippen LogP) is 4.39. The average molecular weight is 312 g/mol. The van der Waals surface area contributed by atoms with Crippen molar-refractivity contribution in [2.45, 2.75) is 32.6 Å². The van der Waals surface area contributed by atoms with Crippen LogP contribution in [0.15, 0.2) is 54.6 Å². The van der Waals surface area contributed by atoms with Gasteiger partial charge in [0.2, 0.25) is 0 Å². The van der Waals surface area contributed by atoms with Gasteiger partial charge in [0.15, 0.2) is 0 Å². The van der Waals surface area contributed by atoms with Crippen molar-refractivity contribution in [2.75, 3.05) is 0 Å². The molecule has 0 saturated carbocycles. The van der Waals surface area contributed by atoms with Crippen LogP contribution in [0, 0.1) is 0 Å². The van der Waals surface area contributed by atoms with Gasteiger partial charge in [0, 0.05) is 6.42 Å². The number of rotatable bonds is 7. The molecule has 0 heterocycles. The van der Waals surface area contributed by atoms with Gasteiger partial charge >= 0.3 is 11.9 Å². The Morgan fingerprint density at radius 2 is 1.48 bits per heavy atom. The Labute approximate surface area is 136 Å². The summed E-state index contributed by atoms with van der Waals surface area (Å²) in [7, 11) is 0. The zero-order valence-corrected chi connectivity index (χ0v) is 13.2. The van der Waals surface area contributed by atoms with Gasteiger partial charge in [-0.3, -0.25) is 4.79 Å². The Kier molecular flexibility index (Phi) is 6.36. The van der Waals surface area contributed by atoms with Crippen LogP contribution in [0.4, 0.5) is 0 Å². The molecule has 0 amide bonds. The lowest BCUT2D eigenvalue weighted by Gasteiger charge is -2.06. The van der Waals surface area contributed by atoms with Crippen LogP contribution >= 0.6 is 0 Å². The van der Waals surface area contributed by atoms with E-state index in [4.69, 9.17) is 9.47 Å². The molecule has 0 fully saturated rings. The first-order valence-corrected chi connectivity index (χ1v) is 7.77. The Morgan fingerprint density at radius 3 is 2.13 bits per heavy atom. The summed E-state index contributed by atoms with van der Waals surface area (Å²) in [6.45, 7) is 2.08. The minimum absolute atomic E-state index is 0.252. The van der Waals surface area contributed by atoms with Crippen molar-refractivity contribution in [1.29, 1.82) is 0 Å². The van der Waals surface area contributed by atoms with Crippen LogP contribution in [0.2, 0.25) is 0 Å². The number of benzene rings is 2. The van der Waals surface area contributed by atoms with Crippen LogP contribution in [-0.4, -0.2) is 11.9 Å². The van der Waals surface area contributed by atoms with Crippen molar-refractivity contribution < 1.29 is 19.1 Å². The molecule has 0 N–H and O–H groups in total. The topological polar surface area (TPSA) is 52.6 Å². The van der Waals surface area contributed by atoms with Gasteiger partial charge in [-0.1, -0.05) is 38.0 Å². The lowest BCUT2D eigenvalue weighted by atomic mass is 10.2. The van der Waals surface area contributed by atoms with Crippen LogP contribution in [0.25, 0.3) is 0 Å². The van der Waals surface area contributed by atoms with E-state index in [0.29, 0.717) is 23.5 Å². The van der Waals surface area contributed by atoms with Gasteiger partial charge in [-0.05, 0) is 42.8 Å². The predicted molar refractivity (Wildman–Crippen MR) is 87.6 cm³/mol. The van der Waals surface area contributed by atoms with Gasteiger partial charge in [-0.2, -0.15) is 0 Å². The number of unbranched alkanes of at least 4 members (excludes halogenated alkanes) is 2. The molecule has 2 rings (SSSR count). The van der Waals surface area contributed by atoms with Crippen molar-refractivity contribution in [1.82, 2.24) is 0 Å². The molecule has 4 nitrogen and oxygen atoms in total. The van der Waals surface area contributed by atoms with Crippen molar-refractivity contribution in [3.8, 4) is 11.5 Å². The van der Waals surface area contributed by atoms with Crippen LogP contribution in [0.5, 0.6) is 11.5 Å². The fraction of sp³-hybridized carbons (Fsp3) is 0.263. The van der Waals surface area contributed by atoms with E-state index in [1.54, 1.807) is 48.5 Å². The van der Waals surface area contributed by atoms with Gasteiger partial charge in [0.1, 0.15) is 11.5 Å². The van der Waals surface area contributed by atoms with Gasteiger partial charge in [-0.25, -0.2) is 4.79 Å². The van der Waals surface area contributed by atoms with Crippen LogP contribution in [0.3, 0.4) is 0 Å². The van der Waals surface area contributed by atoms with E-state index in [2.05, 4.69) is 6.92 Å². The first-order chi connectivity index (χ1) is 11.2. The molecular formula is C19H20O4. The number of carbonyl (C=O) groups is 2. The highest BCUT2D eigenvalue weighted by molar-refractivity contribution is 5.91. The third-order valence-electron chi connectivity index (χ3n) is 3.26. The highest BCUT2D eigenvalue weighted by Crippen LogP contribution is 2.16. The third-order valence-corrected chi connectivity index (χ3v) is 3.26. The molecule has 0 aromatic heterocycles. The van der Waals surface area contributed by atoms with Crippen LogP contribution in [0.1, 0.15) is 43.0 Å². The minimum atomic E-state index is -0.447. The highest BCUT2D eigenvalue weighted by Gasteiger charge is 2.10. The zero-order valence-electron chi connectivity index (χ0n) is 13.2. The van der Waals surface area contributed by atoms with Crippen molar-refractivity contribution in [3.63, 3.8) is 0 Å². The number of ether oxygens (including phenoxy) is 2. The summed E-state index contributed by atoms with van der Waals surface area (Å²) in [6.07, 6.45) is 3.31. The summed E-state index contributed by atoms with van der Waals surface area (Å²) < 4.78 is 10.5. The number of hydrogen-bond donors (Lipinski definition) is 0. The van der Waals surface area contributed by atoms with Crippen molar-refractivity contribution >= 4 is 11.9 Å². The number of carbonyl (C=O) groups excluding carboxylic acids is 2. The van der Waals surface area contributed by atoms with Gasteiger partial charge in [0.05, 0.1) is 5.56 Å². The Hall–Kier alpha value is -2.62. The lowest BCUT2D eigenvalue weighted by molar-refractivity contribution is -0.134. The van der Waals surface area contributed by atoms with Crippen molar-refractivity contribution in [2.24, 2.45) is 0 Å². The summed E-state index contributed by atoms with van der Waals surface area (Å²) >= 11 is 0. The number of hydrogen-bond acceptors (Lipinski definition) is 4. The second kappa shape index (κ2) is 8.73. The molecule has 0 bridgehead atoms. The summed E-state index contributed by atoms with van der Waals surface area (Å²) in [5.41, 5.74) is 0.402. The van der Waals surface area contributed by atoms with Crippen LogP contribution in [-0.2, 0) is 4.79 Å². The standard InChI is InChI=1S/C19H20O4/c1-2-3-5-10-18(20)22-17-13-11-15(12-14-17)19(21)23-16-8-6-4-7-9-16/h4,6-9,11-14H,2-3,5,10H2,1H3. The van der Waals surface area contributed by atoms with Gasteiger partial charge in [0.25, 0.3) is 0 Å². The Morgan fingerprint density at radius 1 is 0.826 bits per heavy atom. The largest absolute Gasteiger partial charge is 0.427 e. The monoisotopic (exact) mass is 312 g/mol. The van der Waals surface area contributed by atoms with E-state index in [9.17, 15) is 9.59 Å². The normalized spacial score (nSPS) is 10.1. The average Bonchev–Trinajstić information content (AvgIpc) is 2.56. The fourth-order valence-electron chi connectivity index (χ4n) is 2.02. The highest BCUT2D eigenvalue weighted by atomic mass is 16.5. The molecule has 0 saturated heterocycles. The first-order valence-electron chi connectivity index (χ1n) is 7.77. The molecule has 0 aliphatic carbocycles. The van der Waals surface area contributed by atoms with Gasteiger partial charge < -0.3 is 9.47 Å². The molecule has 2 aromatic carbocycles. The Bertz CT molecular complexity index is 632. The minimum Gasteiger partial charge on any atom is -0.427 e. The van der Waals surface area contributed by atoms with E-state index in [0.717, 1.165) is 19.3 Å². The van der Waals surface area contributed by atoms with Crippen molar-refractivity contribution in [3.05, 3.63) is 60.2 Å². The molecule has 0 aliphatic heterocycles. The maximum atomic E-state index is 12.0. The van der Waals surface area contributed by atoms with E-state index in [1.165, 1.54) is 0 Å². The first kappa shape index (κ1) is 16.7. The summed E-state index contributed by atoms with van der Waals surface area (Å²) in [5, 5.41) is 0. The Balaban J connectivity index is 1.88.